The summed E-state index contributed by atoms with van der Waals surface area (Å²) in [5.74, 6) is -1.55. The van der Waals surface area contributed by atoms with E-state index in [1.165, 1.54) is 0 Å². The van der Waals surface area contributed by atoms with Gasteiger partial charge >= 0.3 is 5.97 Å². The van der Waals surface area contributed by atoms with Crippen molar-refractivity contribution in [1.29, 1.82) is 0 Å². The maximum Gasteiger partial charge on any atom is 0.309 e. The number of thiazole rings is 1. The summed E-state index contributed by atoms with van der Waals surface area (Å²) in [5, 5.41) is 24.6. The van der Waals surface area contributed by atoms with Gasteiger partial charge in [-0.15, -0.1) is 11.3 Å². The smallest absolute Gasteiger partial charge is 0.309 e. The van der Waals surface area contributed by atoms with Gasteiger partial charge in [0.1, 0.15) is 11.9 Å². The molecule has 2 aliphatic rings. The van der Waals surface area contributed by atoms with Crippen molar-refractivity contribution in [3.63, 3.8) is 0 Å². The number of cyclic esters (lactones) is 1. The van der Waals surface area contributed by atoms with E-state index in [9.17, 15) is 19.8 Å². The van der Waals surface area contributed by atoms with Crippen LogP contribution in [0.4, 0.5) is 0 Å². The number of ketones is 1. The number of Topliss-reactive ketones (excluding diaryl/α,β-unsaturated/α-hetero) is 1. The predicted octanol–water partition coefficient (Wildman–Crippen LogP) is 4.48. The first-order valence-corrected chi connectivity index (χ1v) is 13.5. The molecule has 2 saturated heterocycles. The van der Waals surface area contributed by atoms with Crippen molar-refractivity contribution in [3.05, 3.63) is 21.7 Å². The summed E-state index contributed by atoms with van der Waals surface area (Å²) >= 11 is 1.56. The maximum atomic E-state index is 13.2. The highest BCUT2D eigenvalue weighted by molar-refractivity contribution is 7.09. The molecule has 7 nitrogen and oxygen atoms in total. The highest BCUT2D eigenvalue weighted by Gasteiger charge is 2.53. The van der Waals surface area contributed by atoms with Crippen molar-refractivity contribution < 1.29 is 29.3 Å². The van der Waals surface area contributed by atoms with Crippen LogP contribution in [0.2, 0.25) is 0 Å². The predicted molar refractivity (Wildman–Crippen MR) is 136 cm³/mol. The molecule has 0 aromatic carbocycles. The summed E-state index contributed by atoms with van der Waals surface area (Å²) in [5.41, 5.74) is 0.179. The van der Waals surface area contributed by atoms with E-state index in [0.29, 0.717) is 6.42 Å². The first-order chi connectivity index (χ1) is 16.2. The highest BCUT2D eigenvalue weighted by Crippen LogP contribution is 2.45. The first-order valence-electron chi connectivity index (χ1n) is 12.6. The van der Waals surface area contributed by atoms with Gasteiger partial charge in [-0.3, -0.25) is 9.59 Å². The minimum absolute atomic E-state index is 0.0455. The summed E-state index contributed by atoms with van der Waals surface area (Å²) in [7, 11) is 0. The number of carbonyl (C=O) groups excluding carboxylic acids is 2. The Labute approximate surface area is 212 Å². The molecule has 196 valence electrons. The molecule has 3 rings (SSSR count). The second-order valence-corrected chi connectivity index (χ2v) is 12.3. The summed E-state index contributed by atoms with van der Waals surface area (Å²) in [6.07, 6.45) is 1.98. The van der Waals surface area contributed by atoms with E-state index in [4.69, 9.17) is 9.47 Å². The topological polar surface area (TPSA) is 109 Å². The number of rotatable bonds is 2. The molecule has 3 heterocycles. The number of aliphatic hydroxyl groups excluding tert-OH is 2. The number of aliphatic hydroxyl groups is 2. The van der Waals surface area contributed by atoms with E-state index in [0.717, 1.165) is 35.5 Å². The van der Waals surface area contributed by atoms with E-state index in [-0.39, 0.29) is 29.8 Å². The van der Waals surface area contributed by atoms with Crippen molar-refractivity contribution in [3.8, 4) is 0 Å². The van der Waals surface area contributed by atoms with Gasteiger partial charge in [-0.05, 0) is 51.2 Å². The van der Waals surface area contributed by atoms with Gasteiger partial charge in [0.15, 0.2) is 0 Å². The summed E-state index contributed by atoms with van der Waals surface area (Å²) in [6.45, 7) is 12.8. The molecule has 0 aliphatic carbocycles. The minimum atomic E-state index is -1.23. The third-order valence-corrected chi connectivity index (χ3v) is 8.72. The lowest BCUT2D eigenvalue weighted by Gasteiger charge is -2.34. The fourth-order valence-electron chi connectivity index (χ4n) is 5.07. The van der Waals surface area contributed by atoms with Crippen molar-refractivity contribution >= 4 is 29.2 Å². The average molecular weight is 511 g/mol. The Morgan fingerprint density at radius 2 is 1.91 bits per heavy atom. The third kappa shape index (κ3) is 6.59. The van der Waals surface area contributed by atoms with Crippen LogP contribution < -0.4 is 0 Å². The zero-order chi connectivity index (χ0) is 26.1. The van der Waals surface area contributed by atoms with Gasteiger partial charge in [-0.25, -0.2) is 4.98 Å². The molecule has 0 saturated carbocycles. The van der Waals surface area contributed by atoms with Crippen molar-refractivity contribution in [2.45, 2.75) is 111 Å². The molecule has 8 heteroatoms. The normalized spacial score (nSPS) is 37.5. The van der Waals surface area contributed by atoms with E-state index in [1.54, 1.807) is 32.1 Å². The number of fused-ring (bicyclic) bond motifs is 1. The van der Waals surface area contributed by atoms with Gasteiger partial charge in [0.05, 0.1) is 46.5 Å². The fourth-order valence-corrected chi connectivity index (χ4v) is 5.64. The number of hydrogen-bond acceptors (Lipinski definition) is 8. The van der Waals surface area contributed by atoms with Gasteiger partial charge in [-0.1, -0.05) is 34.1 Å². The van der Waals surface area contributed by atoms with Crippen LogP contribution in [0.3, 0.4) is 0 Å². The second kappa shape index (κ2) is 10.8. The number of aryl methyl sites for hydroxylation is 1. The Bertz CT molecular complexity index is 955. The van der Waals surface area contributed by atoms with Crippen molar-refractivity contribution in [2.24, 2.45) is 17.3 Å². The molecular weight excluding hydrogens is 469 g/mol. The summed E-state index contributed by atoms with van der Waals surface area (Å²) in [4.78, 5) is 30.6. The molecule has 2 fully saturated rings. The first kappa shape index (κ1) is 28.0. The van der Waals surface area contributed by atoms with E-state index >= 15 is 0 Å². The van der Waals surface area contributed by atoms with Gasteiger partial charge in [0.2, 0.25) is 0 Å². The maximum absolute atomic E-state index is 13.2. The molecule has 0 bridgehead atoms. The lowest BCUT2D eigenvalue weighted by Crippen LogP contribution is -2.45. The Balaban J connectivity index is 1.85. The van der Waals surface area contributed by atoms with Crippen LogP contribution in [0.25, 0.3) is 6.08 Å². The number of nitrogens with zero attached hydrogens (tertiary/aromatic N) is 1. The minimum Gasteiger partial charge on any atom is -0.458 e. The van der Waals surface area contributed by atoms with Crippen molar-refractivity contribution in [1.82, 2.24) is 4.98 Å². The molecule has 0 radical (unpaired) electrons. The quantitative estimate of drug-likeness (QED) is 0.446. The van der Waals surface area contributed by atoms with Crippen LogP contribution >= 0.6 is 11.3 Å². The van der Waals surface area contributed by atoms with Crippen LogP contribution in [0, 0.1) is 24.2 Å². The molecular formula is C27H41NO6S. The van der Waals surface area contributed by atoms with E-state index in [1.807, 2.05) is 32.2 Å². The van der Waals surface area contributed by atoms with Crippen molar-refractivity contribution in [2.75, 3.05) is 0 Å². The van der Waals surface area contributed by atoms with Crippen LogP contribution in [-0.4, -0.2) is 57.0 Å². The Morgan fingerprint density at radius 1 is 1.23 bits per heavy atom. The summed E-state index contributed by atoms with van der Waals surface area (Å²) in [6, 6.07) is 0. The molecule has 5 unspecified atom stereocenters. The number of ether oxygens (including phenoxy) is 2. The lowest BCUT2D eigenvalue weighted by atomic mass is 9.73. The van der Waals surface area contributed by atoms with Crippen LogP contribution in [-0.2, 0) is 19.1 Å². The number of hydrogen-bond donors (Lipinski definition) is 2. The highest BCUT2D eigenvalue weighted by atomic mass is 35.0. The molecule has 1 aromatic heterocycles. The molecule has 0 spiro atoms. The Morgan fingerprint density at radius 3 is 2.54 bits per heavy atom. The second-order valence-electron chi connectivity index (χ2n) is 11.3. The Hall–Kier alpha value is -1.61. The molecule has 2 N–H and O–H groups in total. The lowest BCUT2D eigenvalue weighted by molar-refractivity contribution is -0.154. The van der Waals surface area contributed by atoms with Gasteiger partial charge in [-0.2, -0.15) is 0 Å². The monoisotopic (exact) mass is 510 g/mol. The van der Waals surface area contributed by atoms with Crippen LogP contribution in [0.5, 0.6) is 0 Å². The largest absolute Gasteiger partial charge is 0.458 e. The molecule has 2 aliphatic heterocycles. The SMILES string of the molecule is C/C(=C\c1c[35s]c(C)n1)C1C[C@@H]2O[C@]2(C)CCCC(C)C(O)C(C)C(=O)C(C)(C)C(O)CC(=O)O1. The molecule has 1 aromatic rings. The average Bonchev–Trinajstić information content (AvgIpc) is 3.22. The zero-order valence-corrected chi connectivity index (χ0v) is 22.9. The van der Waals surface area contributed by atoms with Crippen LogP contribution in [0.1, 0.15) is 84.3 Å². The molecule has 0 amide bonds. The van der Waals surface area contributed by atoms with Gasteiger partial charge in [0.25, 0.3) is 0 Å². The zero-order valence-electron chi connectivity index (χ0n) is 22.0. The molecule has 7 atom stereocenters. The van der Waals surface area contributed by atoms with E-state index in [2.05, 4.69) is 11.9 Å². The van der Waals surface area contributed by atoms with Crippen LogP contribution in [0.15, 0.2) is 11.0 Å². The standard InChI is InChI=1S/C27H41NO6S/c1-15-9-8-10-27(7)22(34-27)12-20(16(2)11-19-14-35-18(4)28-19)33-23(30)13-21(29)26(5,6)25(32)17(3)24(15)31/h11,14-15,17,20-22,24,29,31H,8-10,12-13H2,1-7H3/b16-11+/t15?,17?,20?,21?,22-,24?,27+/m0/s1/i35+3. The number of epoxide rings is 1. The summed E-state index contributed by atoms with van der Waals surface area (Å²) < 4.78 is 11.9. The number of aromatic nitrogens is 1. The third-order valence-electron chi connectivity index (χ3n) is 7.93. The number of carbonyl (C=O) groups is 2. The van der Waals surface area contributed by atoms with Gasteiger partial charge < -0.3 is 19.7 Å². The number of esters is 1. The van der Waals surface area contributed by atoms with E-state index < -0.39 is 35.6 Å². The Kier molecular flexibility index (Phi) is 8.62. The fraction of sp³-hybridized carbons (Fsp3) is 0.741. The van der Waals surface area contributed by atoms with Gasteiger partial charge in [0, 0.05) is 17.7 Å². The molecule has 35 heavy (non-hydrogen) atoms.